The van der Waals surface area contributed by atoms with Crippen LogP contribution in [0.4, 0.5) is 0 Å². The average molecular weight is 228 g/mol. The van der Waals surface area contributed by atoms with Crippen molar-refractivity contribution in [1.82, 2.24) is 0 Å². The molecule has 0 radical (unpaired) electrons. The number of aryl methyl sites for hydroxylation is 1. The molecule has 2 heteroatoms. The molecule has 1 atom stereocenters. The maximum absolute atomic E-state index is 5.96. The Morgan fingerprint density at radius 3 is 2.29 bits per heavy atom. The van der Waals surface area contributed by atoms with Gasteiger partial charge < -0.3 is 11.5 Å². The van der Waals surface area contributed by atoms with Crippen molar-refractivity contribution in [2.45, 2.75) is 25.8 Å². The molecule has 0 spiro atoms. The van der Waals surface area contributed by atoms with Gasteiger partial charge in [-0.05, 0) is 34.7 Å². The van der Waals surface area contributed by atoms with E-state index in [0.29, 0.717) is 6.54 Å². The highest BCUT2D eigenvalue weighted by Crippen LogP contribution is 2.24. The highest BCUT2D eigenvalue weighted by atomic mass is 14.7. The highest BCUT2D eigenvalue weighted by Gasteiger charge is 2.08. The minimum atomic E-state index is 0.0468. The molecule has 0 aliphatic carbocycles. The zero-order valence-corrected chi connectivity index (χ0v) is 10.3. The summed E-state index contributed by atoms with van der Waals surface area (Å²) in [5.74, 6) is 0. The first kappa shape index (κ1) is 12.1. The number of nitrogens with two attached hydrogens (primary N) is 2. The first-order valence-corrected chi connectivity index (χ1v) is 6.21. The Balaban J connectivity index is 2.54. The summed E-state index contributed by atoms with van der Waals surface area (Å²) in [5.41, 5.74) is 14.3. The minimum Gasteiger partial charge on any atom is -0.329 e. The van der Waals surface area contributed by atoms with Crippen LogP contribution >= 0.6 is 0 Å². The maximum atomic E-state index is 5.96. The first-order chi connectivity index (χ1) is 8.26. The Morgan fingerprint density at radius 2 is 1.71 bits per heavy atom. The Bertz CT molecular complexity index is 500. The summed E-state index contributed by atoms with van der Waals surface area (Å²) in [6.45, 7) is 2.72. The molecule has 17 heavy (non-hydrogen) atoms. The summed E-state index contributed by atoms with van der Waals surface area (Å²) >= 11 is 0. The molecule has 0 saturated heterocycles. The number of rotatable bonds is 4. The van der Waals surface area contributed by atoms with Crippen molar-refractivity contribution in [2.75, 3.05) is 6.54 Å². The predicted octanol–water partition coefficient (Wildman–Crippen LogP) is 2.23. The largest absolute Gasteiger partial charge is 0.329 e. The number of fused-ring (bicyclic) bond motifs is 1. The van der Waals surface area contributed by atoms with E-state index in [1.54, 1.807) is 0 Å². The third-order valence-corrected chi connectivity index (χ3v) is 3.24. The minimum absolute atomic E-state index is 0.0468. The Morgan fingerprint density at radius 1 is 1.06 bits per heavy atom. The van der Waals surface area contributed by atoms with Crippen LogP contribution in [0.3, 0.4) is 0 Å². The van der Waals surface area contributed by atoms with Gasteiger partial charge in [0.2, 0.25) is 0 Å². The molecule has 0 bridgehead atoms. The molecule has 1 unspecified atom stereocenters. The summed E-state index contributed by atoms with van der Waals surface area (Å²) in [4.78, 5) is 0. The smallest absolute Gasteiger partial charge is 0.0204 e. The van der Waals surface area contributed by atoms with Crippen LogP contribution < -0.4 is 11.5 Å². The van der Waals surface area contributed by atoms with Gasteiger partial charge in [0.05, 0.1) is 0 Å². The van der Waals surface area contributed by atoms with E-state index >= 15 is 0 Å². The molecule has 0 heterocycles. The first-order valence-electron chi connectivity index (χ1n) is 6.21. The molecule has 2 nitrogen and oxygen atoms in total. The van der Waals surface area contributed by atoms with E-state index in [0.717, 1.165) is 12.8 Å². The molecule has 2 rings (SSSR count). The van der Waals surface area contributed by atoms with Gasteiger partial charge >= 0.3 is 0 Å². The molecule has 0 aliphatic rings. The molecule has 2 aromatic carbocycles. The molecular formula is C15H20N2. The summed E-state index contributed by atoms with van der Waals surface area (Å²) in [6.07, 6.45) is 1.90. The Labute approximate surface area is 103 Å². The lowest BCUT2D eigenvalue weighted by atomic mass is 9.94. The van der Waals surface area contributed by atoms with E-state index in [9.17, 15) is 0 Å². The molecule has 0 fully saturated rings. The SMILES string of the molecule is CCc1cccc2cccc(CC(N)CN)c12. The lowest BCUT2D eigenvalue weighted by Crippen LogP contribution is -2.31. The molecular weight excluding hydrogens is 208 g/mol. The standard InChI is InChI=1S/C15H20N2/c1-2-11-5-3-6-12-7-4-8-13(15(11)12)9-14(17)10-16/h3-8,14H,2,9-10,16-17H2,1H3. The van der Waals surface area contributed by atoms with Crippen LogP contribution in [-0.4, -0.2) is 12.6 Å². The third-order valence-electron chi connectivity index (χ3n) is 3.24. The summed E-state index contributed by atoms with van der Waals surface area (Å²) in [5, 5.41) is 2.66. The molecule has 4 N–H and O–H groups in total. The molecule has 0 saturated carbocycles. The summed E-state index contributed by atoms with van der Waals surface area (Å²) in [7, 11) is 0. The zero-order chi connectivity index (χ0) is 12.3. The fourth-order valence-electron chi connectivity index (χ4n) is 2.33. The van der Waals surface area contributed by atoms with Crippen molar-refractivity contribution in [3.05, 3.63) is 47.5 Å². The monoisotopic (exact) mass is 228 g/mol. The van der Waals surface area contributed by atoms with Crippen LogP contribution in [0.5, 0.6) is 0 Å². The van der Waals surface area contributed by atoms with Crippen molar-refractivity contribution in [1.29, 1.82) is 0 Å². The van der Waals surface area contributed by atoms with Gasteiger partial charge in [-0.1, -0.05) is 43.3 Å². The predicted molar refractivity (Wildman–Crippen MR) is 74.1 cm³/mol. The second kappa shape index (κ2) is 5.30. The molecule has 0 aromatic heterocycles. The van der Waals surface area contributed by atoms with Crippen molar-refractivity contribution in [3.63, 3.8) is 0 Å². The Hall–Kier alpha value is -1.38. The molecule has 0 aliphatic heterocycles. The van der Waals surface area contributed by atoms with Crippen LogP contribution in [0.15, 0.2) is 36.4 Å². The number of benzene rings is 2. The van der Waals surface area contributed by atoms with Crippen LogP contribution in [0.2, 0.25) is 0 Å². The summed E-state index contributed by atoms with van der Waals surface area (Å²) in [6, 6.07) is 12.9. The molecule has 2 aromatic rings. The van der Waals surface area contributed by atoms with Crippen molar-refractivity contribution < 1.29 is 0 Å². The number of hydrogen-bond donors (Lipinski definition) is 2. The van der Waals surface area contributed by atoms with Gasteiger partial charge in [0.25, 0.3) is 0 Å². The topological polar surface area (TPSA) is 52.0 Å². The number of hydrogen-bond acceptors (Lipinski definition) is 2. The van der Waals surface area contributed by atoms with Gasteiger partial charge in [-0.2, -0.15) is 0 Å². The van der Waals surface area contributed by atoms with Gasteiger partial charge in [-0.25, -0.2) is 0 Å². The van der Waals surface area contributed by atoms with E-state index in [-0.39, 0.29) is 6.04 Å². The van der Waals surface area contributed by atoms with E-state index in [1.807, 2.05) is 0 Å². The van der Waals surface area contributed by atoms with Crippen molar-refractivity contribution >= 4 is 10.8 Å². The lowest BCUT2D eigenvalue weighted by Gasteiger charge is -2.13. The average Bonchev–Trinajstić information content (AvgIpc) is 2.38. The van der Waals surface area contributed by atoms with E-state index in [2.05, 4.69) is 43.3 Å². The van der Waals surface area contributed by atoms with Crippen molar-refractivity contribution in [3.8, 4) is 0 Å². The third kappa shape index (κ3) is 2.48. The quantitative estimate of drug-likeness (QED) is 0.843. The second-order valence-electron chi connectivity index (χ2n) is 4.49. The summed E-state index contributed by atoms with van der Waals surface area (Å²) < 4.78 is 0. The normalized spacial score (nSPS) is 12.9. The van der Waals surface area contributed by atoms with Gasteiger partial charge in [-0.3, -0.25) is 0 Å². The second-order valence-corrected chi connectivity index (χ2v) is 4.49. The fourth-order valence-corrected chi connectivity index (χ4v) is 2.33. The fraction of sp³-hybridized carbons (Fsp3) is 0.333. The van der Waals surface area contributed by atoms with E-state index in [4.69, 9.17) is 11.5 Å². The maximum Gasteiger partial charge on any atom is 0.0204 e. The van der Waals surface area contributed by atoms with Crippen LogP contribution in [0, 0.1) is 0 Å². The molecule has 0 amide bonds. The van der Waals surface area contributed by atoms with Gasteiger partial charge in [-0.15, -0.1) is 0 Å². The van der Waals surface area contributed by atoms with Gasteiger partial charge in [0.15, 0.2) is 0 Å². The van der Waals surface area contributed by atoms with Crippen LogP contribution in [-0.2, 0) is 12.8 Å². The van der Waals surface area contributed by atoms with Gasteiger partial charge in [0, 0.05) is 12.6 Å². The molecule has 90 valence electrons. The van der Waals surface area contributed by atoms with Crippen LogP contribution in [0.25, 0.3) is 10.8 Å². The van der Waals surface area contributed by atoms with Crippen molar-refractivity contribution in [2.24, 2.45) is 11.5 Å². The van der Waals surface area contributed by atoms with Gasteiger partial charge in [0.1, 0.15) is 0 Å². The highest BCUT2D eigenvalue weighted by molar-refractivity contribution is 5.89. The van der Waals surface area contributed by atoms with E-state index < -0.39 is 0 Å². The lowest BCUT2D eigenvalue weighted by molar-refractivity contribution is 0.681. The van der Waals surface area contributed by atoms with Crippen LogP contribution in [0.1, 0.15) is 18.1 Å². The van der Waals surface area contributed by atoms with E-state index in [1.165, 1.54) is 21.9 Å². The zero-order valence-electron chi connectivity index (χ0n) is 10.3. The Kier molecular flexibility index (Phi) is 3.77.